The second kappa shape index (κ2) is 8.49. The molecule has 0 spiro atoms. The second-order valence-electron chi connectivity index (χ2n) is 7.59. The minimum absolute atomic E-state index is 0.107. The average Bonchev–Trinajstić information content (AvgIpc) is 3.03. The lowest BCUT2D eigenvalue weighted by Gasteiger charge is -2.11. The first-order chi connectivity index (χ1) is 14.1. The Bertz CT molecular complexity index is 1160. The van der Waals surface area contributed by atoms with Crippen LogP contribution in [0.15, 0.2) is 53.4 Å². The summed E-state index contributed by atoms with van der Waals surface area (Å²) in [5.74, 6) is 0.561. The first kappa shape index (κ1) is 21.9. The standard InChI is InChI=1S/C22H27N3O4S/c1-15(2)29-18-8-6-16(7-9-18)14-23-22(26)21-13-17-12-19(30(27,28)24(3)4)10-11-20(17)25(21)5/h6-13,15H,14H2,1-5H3,(H,23,26). The molecule has 0 unspecified atom stereocenters. The third-order valence-corrected chi connectivity index (χ3v) is 6.58. The first-order valence-electron chi connectivity index (χ1n) is 9.65. The van der Waals surface area contributed by atoms with E-state index < -0.39 is 10.0 Å². The lowest BCUT2D eigenvalue weighted by molar-refractivity contribution is 0.0943. The molecule has 0 aliphatic heterocycles. The maximum atomic E-state index is 12.7. The summed E-state index contributed by atoms with van der Waals surface area (Å²) in [6.45, 7) is 4.32. The first-order valence-corrected chi connectivity index (χ1v) is 11.1. The molecular weight excluding hydrogens is 402 g/mol. The van der Waals surface area contributed by atoms with Gasteiger partial charge in [0.05, 0.1) is 11.0 Å². The van der Waals surface area contributed by atoms with Gasteiger partial charge in [-0.2, -0.15) is 0 Å². The highest BCUT2D eigenvalue weighted by atomic mass is 32.2. The molecule has 0 radical (unpaired) electrons. The van der Waals surface area contributed by atoms with Crippen LogP contribution in [0.2, 0.25) is 0 Å². The van der Waals surface area contributed by atoms with Crippen molar-refractivity contribution < 1.29 is 17.9 Å². The van der Waals surface area contributed by atoms with Crippen molar-refractivity contribution in [3.8, 4) is 5.75 Å². The maximum Gasteiger partial charge on any atom is 0.268 e. The van der Waals surface area contributed by atoms with E-state index in [4.69, 9.17) is 4.74 Å². The number of hydrogen-bond acceptors (Lipinski definition) is 4. The van der Waals surface area contributed by atoms with Crippen LogP contribution < -0.4 is 10.1 Å². The summed E-state index contributed by atoms with van der Waals surface area (Å²) in [7, 11) is 1.23. The quantitative estimate of drug-likeness (QED) is 0.626. The predicted molar refractivity (Wildman–Crippen MR) is 117 cm³/mol. The molecule has 1 amide bonds. The third kappa shape index (κ3) is 4.49. The summed E-state index contributed by atoms with van der Waals surface area (Å²) in [6, 6.07) is 14.2. The van der Waals surface area contributed by atoms with Gasteiger partial charge in [-0.1, -0.05) is 12.1 Å². The van der Waals surface area contributed by atoms with Crippen LogP contribution in [0.1, 0.15) is 29.9 Å². The van der Waals surface area contributed by atoms with E-state index in [9.17, 15) is 13.2 Å². The molecule has 1 N–H and O–H groups in total. The zero-order valence-corrected chi connectivity index (χ0v) is 18.7. The van der Waals surface area contributed by atoms with Crippen LogP contribution in [0.25, 0.3) is 10.9 Å². The molecule has 160 valence electrons. The predicted octanol–water partition coefficient (Wildman–Crippen LogP) is 3.15. The van der Waals surface area contributed by atoms with E-state index in [0.717, 1.165) is 16.8 Å². The minimum atomic E-state index is -3.54. The highest BCUT2D eigenvalue weighted by Gasteiger charge is 2.19. The normalized spacial score (nSPS) is 12.0. The number of amides is 1. The number of ether oxygens (including phenoxy) is 1. The van der Waals surface area contributed by atoms with Crippen LogP contribution >= 0.6 is 0 Å². The molecule has 0 aliphatic carbocycles. The Hall–Kier alpha value is -2.84. The molecule has 0 saturated carbocycles. The summed E-state index contributed by atoms with van der Waals surface area (Å²) < 4.78 is 33.3. The maximum absolute atomic E-state index is 12.7. The fraction of sp³-hybridized carbons (Fsp3) is 0.318. The highest BCUT2D eigenvalue weighted by Crippen LogP contribution is 2.24. The smallest absolute Gasteiger partial charge is 0.268 e. The fourth-order valence-electron chi connectivity index (χ4n) is 3.15. The van der Waals surface area contributed by atoms with Gasteiger partial charge in [0, 0.05) is 38.6 Å². The number of carbonyl (C=O) groups excluding carboxylic acids is 1. The molecule has 7 nitrogen and oxygen atoms in total. The van der Waals surface area contributed by atoms with Gasteiger partial charge in [-0.15, -0.1) is 0 Å². The Kier molecular flexibility index (Phi) is 6.19. The van der Waals surface area contributed by atoms with Gasteiger partial charge in [0.25, 0.3) is 5.91 Å². The van der Waals surface area contributed by atoms with Gasteiger partial charge in [0.15, 0.2) is 0 Å². The van der Waals surface area contributed by atoms with Crippen molar-refractivity contribution >= 4 is 26.8 Å². The van der Waals surface area contributed by atoms with E-state index in [1.54, 1.807) is 35.9 Å². The number of carbonyl (C=O) groups is 1. The number of nitrogens with zero attached hydrogens (tertiary/aromatic N) is 2. The van der Waals surface area contributed by atoms with Crippen LogP contribution in [-0.2, 0) is 23.6 Å². The summed E-state index contributed by atoms with van der Waals surface area (Å²) in [5, 5.41) is 3.61. The SMILES string of the molecule is CC(C)Oc1ccc(CNC(=O)c2cc3cc(S(=O)(=O)N(C)C)ccc3n2C)cc1. The van der Waals surface area contributed by atoms with Crippen molar-refractivity contribution in [3.05, 3.63) is 59.8 Å². The lowest BCUT2D eigenvalue weighted by Crippen LogP contribution is -2.24. The molecule has 0 bridgehead atoms. The zero-order chi connectivity index (χ0) is 22.1. The summed E-state index contributed by atoms with van der Waals surface area (Å²) in [6.07, 6.45) is 0.107. The minimum Gasteiger partial charge on any atom is -0.491 e. The Morgan fingerprint density at radius 2 is 1.77 bits per heavy atom. The van der Waals surface area contributed by atoms with Crippen molar-refractivity contribution in [3.63, 3.8) is 0 Å². The molecule has 3 aromatic rings. The van der Waals surface area contributed by atoms with E-state index in [-0.39, 0.29) is 16.9 Å². The molecule has 2 aromatic carbocycles. The number of fused-ring (bicyclic) bond motifs is 1. The van der Waals surface area contributed by atoms with Crippen molar-refractivity contribution in [1.29, 1.82) is 0 Å². The Labute approximate surface area is 177 Å². The van der Waals surface area contributed by atoms with E-state index in [1.165, 1.54) is 18.4 Å². The van der Waals surface area contributed by atoms with Crippen LogP contribution in [0.4, 0.5) is 0 Å². The van der Waals surface area contributed by atoms with Crippen LogP contribution in [0, 0.1) is 0 Å². The molecule has 3 rings (SSSR count). The zero-order valence-electron chi connectivity index (χ0n) is 17.8. The van der Waals surface area contributed by atoms with Crippen LogP contribution in [0.5, 0.6) is 5.75 Å². The molecular formula is C22H27N3O4S. The van der Waals surface area contributed by atoms with E-state index in [0.29, 0.717) is 17.6 Å². The Morgan fingerprint density at radius 1 is 1.10 bits per heavy atom. The monoisotopic (exact) mass is 429 g/mol. The molecule has 0 fully saturated rings. The number of benzene rings is 2. The number of hydrogen-bond donors (Lipinski definition) is 1. The van der Waals surface area contributed by atoms with E-state index in [1.807, 2.05) is 38.1 Å². The second-order valence-corrected chi connectivity index (χ2v) is 9.74. The molecule has 0 saturated heterocycles. The Morgan fingerprint density at radius 3 is 2.37 bits per heavy atom. The van der Waals surface area contributed by atoms with Crippen molar-refractivity contribution in [2.24, 2.45) is 7.05 Å². The molecule has 0 atom stereocenters. The van der Waals surface area contributed by atoms with E-state index >= 15 is 0 Å². The van der Waals surface area contributed by atoms with Crippen LogP contribution in [-0.4, -0.2) is 43.4 Å². The summed E-state index contributed by atoms with van der Waals surface area (Å²) in [5.41, 5.74) is 2.20. The van der Waals surface area contributed by atoms with E-state index in [2.05, 4.69) is 5.32 Å². The lowest BCUT2D eigenvalue weighted by atomic mass is 10.2. The van der Waals surface area contributed by atoms with Gasteiger partial charge >= 0.3 is 0 Å². The molecule has 8 heteroatoms. The molecule has 30 heavy (non-hydrogen) atoms. The number of rotatable bonds is 7. The van der Waals surface area contributed by atoms with Crippen LogP contribution in [0.3, 0.4) is 0 Å². The third-order valence-electron chi connectivity index (χ3n) is 4.77. The summed E-state index contributed by atoms with van der Waals surface area (Å²) >= 11 is 0. The number of aromatic nitrogens is 1. The van der Waals surface area contributed by atoms with Gasteiger partial charge in [-0.05, 0) is 55.8 Å². The number of aryl methyl sites for hydroxylation is 1. The van der Waals surface area contributed by atoms with Crippen molar-refractivity contribution in [2.45, 2.75) is 31.4 Å². The fourth-order valence-corrected chi connectivity index (χ4v) is 4.09. The topological polar surface area (TPSA) is 80.6 Å². The average molecular weight is 430 g/mol. The highest BCUT2D eigenvalue weighted by molar-refractivity contribution is 7.89. The van der Waals surface area contributed by atoms with Gasteiger partial charge in [0.2, 0.25) is 10.0 Å². The van der Waals surface area contributed by atoms with Crippen molar-refractivity contribution in [2.75, 3.05) is 14.1 Å². The van der Waals surface area contributed by atoms with Gasteiger partial charge < -0.3 is 14.6 Å². The summed E-state index contributed by atoms with van der Waals surface area (Å²) in [4.78, 5) is 12.9. The van der Waals surface area contributed by atoms with Gasteiger partial charge in [-0.3, -0.25) is 4.79 Å². The number of nitrogens with one attached hydrogen (secondary N) is 1. The molecule has 0 aliphatic rings. The van der Waals surface area contributed by atoms with Gasteiger partial charge in [-0.25, -0.2) is 12.7 Å². The number of sulfonamides is 1. The van der Waals surface area contributed by atoms with Gasteiger partial charge in [0.1, 0.15) is 11.4 Å². The largest absolute Gasteiger partial charge is 0.491 e. The Balaban J connectivity index is 1.77. The molecule has 1 heterocycles. The molecule has 1 aromatic heterocycles. The van der Waals surface area contributed by atoms with Crippen molar-refractivity contribution in [1.82, 2.24) is 14.2 Å².